The summed E-state index contributed by atoms with van der Waals surface area (Å²) in [6, 6.07) is 10.7. The number of fused-ring (bicyclic) bond motifs is 3. The maximum atomic E-state index is 3.77. The Labute approximate surface area is 128 Å². The Balaban J connectivity index is 1.29. The first kappa shape index (κ1) is 13.8. The van der Waals surface area contributed by atoms with Crippen molar-refractivity contribution in [3.63, 3.8) is 0 Å². The van der Waals surface area contributed by atoms with Gasteiger partial charge >= 0.3 is 0 Å². The molecule has 2 heteroatoms. The van der Waals surface area contributed by atoms with Crippen molar-refractivity contribution in [2.75, 3.05) is 19.6 Å². The Morgan fingerprint density at radius 3 is 2.19 bits per heavy atom. The van der Waals surface area contributed by atoms with Gasteiger partial charge in [0, 0.05) is 25.2 Å². The van der Waals surface area contributed by atoms with Crippen LogP contribution >= 0.6 is 0 Å². The highest BCUT2D eigenvalue weighted by Gasteiger charge is 2.33. The van der Waals surface area contributed by atoms with Crippen LogP contribution in [0.1, 0.15) is 43.2 Å². The molecule has 0 saturated carbocycles. The Hall–Kier alpha value is -0.860. The lowest BCUT2D eigenvalue weighted by Crippen LogP contribution is -2.39. The molecule has 21 heavy (non-hydrogen) atoms. The van der Waals surface area contributed by atoms with Crippen LogP contribution in [0.4, 0.5) is 0 Å². The van der Waals surface area contributed by atoms with Gasteiger partial charge in [0.2, 0.25) is 0 Å². The number of hydrogen-bond donors (Lipinski definition) is 1. The van der Waals surface area contributed by atoms with E-state index >= 15 is 0 Å². The Morgan fingerprint density at radius 2 is 1.57 bits per heavy atom. The van der Waals surface area contributed by atoms with Crippen LogP contribution in [0.15, 0.2) is 24.3 Å². The van der Waals surface area contributed by atoms with Crippen molar-refractivity contribution in [2.24, 2.45) is 5.92 Å². The van der Waals surface area contributed by atoms with Crippen LogP contribution < -0.4 is 5.32 Å². The molecule has 2 nitrogen and oxygen atoms in total. The summed E-state index contributed by atoms with van der Waals surface area (Å²) in [6.45, 7) is 3.84. The summed E-state index contributed by atoms with van der Waals surface area (Å²) in [5.74, 6) is 0.981. The van der Waals surface area contributed by atoms with Gasteiger partial charge in [0.15, 0.2) is 0 Å². The van der Waals surface area contributed by atoms with Crippen molar-refractivity contribution in [1.29, 1.82) is 0 Å². The average Bonchev–Trinajstić information content (AvgIpc) is 2.74. The molecule has 1 aromatic carbocycles. The molecule has 2 bridgehead atoms. The van der Waals surface area contributed by atoms with Crippen LogP contribution in [0.2, 0.25) is 0 Å². The van der Waals surface area contributed by atoms with Crippen LogP contribution in [-0.2, 0) is 12.8 Å². The van der Waals surface area contributed by atoms with Crippen LogP contribution in [-0.4, -0.2) is 36.6 Å². The molecule has 2 fully saturated rings. The smallest absolute Gasteiger partial charge is 0.00728 e. The standard InChI is InChI=1S/C19H28N2/c1-2-4-17-9-12-21(11-8-16(17)3-1)10-7-15-13-18-5-6-19(14-15)20-18/h1-4,15,18-20H,5-14H2. The van der Waals surface area contributed by atoms with Crippen LogP contribution in [0, 0.1) is 5.92 Å². The van der Waals surface area contributed by atoms with Crippen molar-refractivity contribution < 1.29 is 0 Å². The van der Waals surface area contributed by atoms with E-state index in [4.69, 9.17) is 0 Å². The van der Waals surface area contributed by atoms with Crippen LogP contribution in [0.25, 0.3) is 0 Å². The molecule has 4 rings (SSSR count). The average molecular weight is 284 g/mol. The van der Waals surface area contributed by atoms with E-state index in [1.165, 1.54) is 64.6 Å². The zero-order valence-corrected chi connectivity index (χ0v) is 13.1. The van der Waals surface area contributed by atoms with Gasteiger partial charge in [-0.1, -0.05) is 24.3 Å². The van der Waals surface area contributed by atoms with Gasteiger partial charge in [-0.05, 0) is 68.5 Å². The molecule has 2 unspecified atom stereocenters. The fourth-order valence-electron chi connectivity index (χ4n) is 4.71. The van der Waals surface area contributed by atoms with Gasteiger partial charge in [-0.3, -0.25) is 0 Å². The number of piperidine rings is 1. The van der Waals surface area contributed by atoms with Gasteiger partial charge in [0.1, 0.15) is 0 Å². The van der Waals surface area contributed by atoms with Gasteiger partial charge in [-0.2, -0.15) is 0 Å². The van der Waals surface area contributed by atoms with Crippen LogP contribution in [0.3, 0.4) is 0 Å². The fourth-order valence-corrected chi connectivity index (χ4v) is 4.71. The summed E-state index contributed by atoms with van der Waals surface area (Å²) in [4.78, 5) is 2.71. The van der Waals surface area contributed by atoms with E-state index in [1.807, 2.05) is 0 Å². The quantitative estimate of drug-likeness (QED) is 0.918. The zero-order valence-electron chi connectivity index (χ0n) is 13.1. The van der Waals surface area contributed by atoms with Gasteiger partial charge in [-0.25, -0.2) is 0 Å². The maximum Gasteiger partial charge on any atom is 0.00728 e. The number of nitrogens with one attached hydrogen (secondary N) is 1. The first-order valence-corrected chi connectivity index (χ1v) is 8.92. The van der Waals surface area contributed by atoms with E-state index in [-0.39, 0.29) is 0 Å². The highest BCUT2D eigenvalue weighted by atomic mass is 15.1. The molecule has 2 saturated heterocycles. The highest BCUT2D eigenvalue weighted by Crippen LogP contribution is 2.32. The summed E-state index contributed by atoms with van der Waals surface area (Å²) in [7, 11) is 0. The molecule has 3 aliphatic rings. The molecule has 0 radical (unpaired) electrons. The Morgan fingerprint density at radius 1 is 0.952 bits per heavy atom. The lowest BCUT2D eigenvalue weighted by molar-refractivity contribution is 0.224. The van der Waals surface area contributed by atoms with Gasteiger partial charge < -0.3 is 10.2 Å². The monoisotopic (exact) mass is 284 g/mol. The Bertz CT molecular complexity index is 445. The molecular weight excluding hydrogens is 256 g/mol. The largest absolute Gasteiger partial charge is 0.311 e. The highest BCUT2D eigenvalue weighted by molar-refractivity contribution is 5.28. The van der Waals surface area contributed by atoms with E-state index in [9.17, 15) is 0 Å². The molecule has 0 amide bonds. The number of hydrogen-bond acceptors (Lipinski definition) is 2. The first-order chi connectivity index (χ1) is 10.4. The minimum absolute atomic E-state index is 0.849. The zero-order chi connectivity index (χ0) is 14.1. The number of benzene rings is 1. The molecule has 0 spiro atoms. The summed E-state index contributed by atoms with van der Waals surface area (Å²) < 4.78 is 0. The fraction of sp³-hybridized carbons (Fsp3) is 0.684. The third-order valence-corrected chi connectivity index (χ3v) is 5.94. The minimum Gasteiger partial charge on any atom is -0.311 e. The van der Waals surface area contributed by atoms with E-state index in [2.05, 4.69) is 34.5 Å². The van der Waals surface area contributed by atoms with Gasteiger partial charge in [-0.15, -0.1) is 0 Å². The molecule has 1 N–H and O–H groups in total. The molecule has 114 valence electrons. The van der Waals surface area contributed by atoms with Crippen molar-refractivity contribution in [3.05, 3.63) is 35.4 Å². The first-order valence-electron chi connectivity index (χ1n) is 8.92. The Kier molecular flexibility index (Phi) is 4.00. The predicted molar refractivity (Wildman–Crippen MR) is 87.6 cm³/mol. The normalized spacial score (nSPS) is 32.7. The van der Waals surface area contributed by atoms with Crippen molar-refractivity contribution >= 4 is 0 Å². The number of nitrogens with zero attached hydrogens (tertiary/aromatic N) is 1. The molecule has 3 aliphatic heterocycles. The lowest BCUT2D eigenvalue weighted by Gasteiger charge is -2.31. The summed E-state index contributed by atoms with van der Waals surface area (Å²) in [6.07, 6.45) is 9.64. The lowest BCUT2D eigenvalue weighted by atomic mass is 9.89. The second kappa shape index (κ2) is 6.10. The second-order valence-electron chi connectivity index (χ2n) is 7.37. The van der Waals surface area contributed by atoms with Gasteiger partial charge in [0.05, 0.1) is 0 Å². The summed E-state index contributed by atoms with van der Waals surface area (Å²) in [5, 5.41) is 3.77. The molecular formula is C19H28N2. The SMILES string of the molecule is c1ccc2c(c1)CCN(CCC1CC3CCC(C1)N3)CC2. The van der Waals surface area contributed by atoms with Crippen LogP contribution in [0.5, 0.6) is 0 Å². The molecule has 1 aromatic rings. The minimum atomic E-state index is 0.849. The molecule has 0 aliphatic carbocycles. The van der Waals surface area contributed by atoms with E-state index < -0.39 is 0 Å². The van der Waals surface area contributed by atoms with Crippen molar-refractivity contribution in [2.45, 2.75) is 57.0 Å². The molecule has 3 heterocycles. The number of rotatable bonds is 3. The topological polar surface area (TPSA) is 15.3 Å². The van der Waals surface area contributed by atoms with E-state index in [0.29, 0.717) is 0 Å². The molecule has 0 aromatic heterocycles. The summed E-state index contributed by atoms with van der Waals surface area (Å²) in [5.41, 5.74) is 3.17. The second-order valence-corrected chi connectivity index (χ2v) is 7.37. The van der Waals surface area contributed by atoms with Crippen molar-refractivity contribution in [3.8, 4) is 0 Å². The third-order valence-electron chi connectivity index (χ3n) is 5.94. The third kappa shape index (κ3) is 3.17. The van der Waals surface area contributed by atoms with E-state index in [0.717, 1.165) is 18.0 Å². The van der Waals surface area contributed by atoms with Gasteiger partial charge in [0.25, 0.3) is 0 Å². The summed E-state index contributed by atoms with van der Waals surface area (Å²) >= 11 is 0. The van der Waals surface area contributed by atoms with Crippen molar-refractivity contribution in [1.82, 2.24) is 10.2 Å². The van der Waals surface area contributed by atoms with E-state index in [1.54, 1.807) is 11.1 Å². The maximum absolute atomic E-state index is 3.77. The predicted octanol–water partition coefficient (Wildman–Crippen LogP) is 3.01. The molecule has 2 atom stereocenters.